The van der Waals surface area contributed by atoms with Gasteiger partial charge in [0.05, 0.1) is 5.56 Å². The lowest BCUT2D eigenvalue weighted by atomic mass is 9.97. The zero-order chi connectivity index (χ0) is 19.6. The van der Waals surface area contributed by atoms with Crippen molar-refractivity contribution < 1.29 is 9.52 Å². The molecule has 1 N–H and O–H groups in total. The second-order valence-electron chi connectivity index (χ2n) is 8.17. The van der Waals surface area contributed by atoms with Crippen LogP contribution in [0, 0.1) is 0 Å². The summed E-state index contributed by atoms with van der Waals surface area (Å²) in [6.07, 6.45) is 15.5. The number of hydrogen-bond acceptors (Lipinski definition) is 3. The average molecular weight is 383 g/mol. The van der Waals surface area contributed by atoms with Gasteiger partial charge in [-0.2, -0.15) is 0 Å². The number of hydrogen-bond donors (Lipinski definition) is 1. The molecular formula is C25H34O3. The first-order valence-corrected chi connectivity index (χ1v) is 11.2. The third-order valence-corrected chi connectivity index (χ3v) is 5.92. The van der Waals surface area contributed by atoms with Crippen LogP contribution in [0.25, 0.3) is 0 Å². The summed E-state index contributed by atoms with van der Waals surface area (Å²) in [5.41, 5.74) is 1.92. The highest BCUT2D eigenvalue weighted by atomic mass is 16.4. The Morgan fingerprint density at radius 3 is 1.89 bits per heavy atom. The molecule has 0 unspecified atom stereocenters. The van der Waals surface area contributed by atoms with Gasteiger partial charge in [-0.15, -0.1) is 0 Å². The minimum atomic E-state index is -0.377. The Bertz CT molecular complexity index is 776. The second-order valence-corrected chi connectivity index (χ2v) is 8.17. The highest BCUT2D eigenvalue weighted by molar-refractivity contribution is 5.42. The van der Waals surface area contributed by atoms with Gasteiger partial charge < -0.3 is 9.52 Å². The summed E-state index contributed by atoms with van der Waals surface area (Å²) < 4.78 is 5.75. The average Bonchev–Trinajstić information content (AvgIpc) is 2.71. The fraction of sp³-hybridized carbons (Fsp3) is 0.560. The summed E-state index contributed by atoms with van der Waals surface area (Å²) >= 11 is 0. The van der Waals surface area contributed by atoms with E-state index in [1.54, 1.807) is 0 Å². The Morgan fingerprint density at radius 2 is 1.29 bits per heavy atom. The maximum atomic E-state index is 12.6. The molecule has 28 heavy (non-hydrogen) atoms. The van der Waals surface area contributed by atoms with Crippen LogP contribution in [-0.4, -0.2) is 5.11 Å². The predicted octanol–water partition coefficient (Wildman–Crippen LogP) is 6.33. The van der Waals surface area contributed by atoms with Crippen molar-refractivity contribution in [1.82, 2.24) is 0 Å². The zero-order valence-corrected chi connectivity index (χ0v) is 17.0. The van der Waals surface area contributed by atoms with Crippen LogP contribution < -0.4 is 5.63 Å². The predicted molar refractivity (Wildman–Crippen MR) is 114 cm³/mol. The van der Waals surface area contributed by atoms with Gasteiger partial charge in [0.15, 0.2) is 0 Å². The van der Waals surface area contributed by atoms with Crippen LogP contribution in [0.5, 0.6) is 5.75 Å². The second kappa shape index (κ2) is 11.1. The van der Waals surface area contributed by atoms with Crippen LogP contribution in [0.15, 0.2) is 39.5 Å². The Hall–Kier alpha value is -2.03. The van der Waals surface area contributed by atoms with Crippen LogP contribution in [0.2, 0.25) is 0 Å². The normalized spacial score (nSPS) is 17.3. The van der Waals surface area contributed by atoms with Gasteiger partial charge in [0, 0.05) is 18.4 Å². The third-order valence-electron chi connectivity index (χ3n) is 5.92. The summed E-state index contributed by atoms with van der Waals surface area (Å²) in [6.45, 7) is 0. The molecule has 0 amide bonds. The van der Waals surface area contributed by atoms with Crippen molar-refractivity contribution in [2.24, 2.45) is 0 Å². The maximum absolute atomic E-state index is 12.6. The van der Waals surface area contributed by atoms with Gasteiger partial charge in [0.25, 0.3) is 0 Å². The molecule has 3 rings (SSSR count). The minimum Gasteiger partial charge on any atom is -0.507 e. The van der Waals surface area contributed by atoms with E-state index in [2.05, 4.69) is 0 Å². The number of aromatic hydroxyl groups is 1. The van der Waals surface area contributed by atoms with Gasteiger partial charge in [0.1, 0.15) is 11.5 Å². The van der Waals surface area contributed by atoms with Crippen molar-refractivity contribution in [3.8, 4) is 5.75 Å². The van der Waals surface area contributed by atoms with E-state index in [0.717, 1.165) is 43.2 Å². The van der Waals surface area contributed by atoms with Crippen molar-refractivity contribution >= 4 is 0 Å². The Labute approximate surface area is 168 Å². The quantitative estimate of drug-likeness (QED) is 0.660. The van der Waals surface area contributed by atoms with E-state index in [0.29, 0.717) is 17.7 Å². The Morgan fingerprint density at radius 1 is 0.750 bits per heavy atom. The van der Waals surface area contributed by atoms with Crippen molar-refractivity contribution in [3.63, 3.8) is 0 Å². The number of benzene rings is 1. The highest BCUT2D eigenvalue weighted by Crippen LogP contribution is 2.29. The van der Waals surface area contributed by atoms with Crippen LogP contribution >= 0.6 is 0 Å². The maximum Gasteiger partial charge on any atom is 0.343 e. The van der Waals surface area contributed by atoms with Gasteiger partial charge in [-0.1, -0.05) is 88.1 Å². The van der Waals surface area contributed by atoms with Crippen LogP contribution in [0.4, 0.5) is 0 Å². The standard InChI is InChI=1S/C25H34O3/c26-24-21-17-13-8-6-4-2-1-3-5-7-9-14-18-23(21)28-25(27)22(24)19-20-15-11-10-12-16-20/h10-12,15-16,26H,1-9,13-14,17-19H2. The Kier molecular flexibility index (Phi) is 8.20. The van der Waals surface area contributed by atoms with Gasteiger partial charge in [-0.25, -0.2) is 4.79 Å². The summed E-state index contributed by atoms with van der Waals surface area (Å²) in [6, 6.07) is 9.82. The molecule has 1 aliphatic carbocycles. The largest absolute Gasteiger partial charge is 0.507 e. The van der Waals surface area contributed by atoms with Crippen LogP contribution in [0.1, 0.15) is 93.1 Å². The summed E-state index contributed by atoms with van der Waals surface area (Å²) in [5, 5.41) is 11.0. The molecule has 2 aromatic rings. The number of fused-ring (bicyclic) bond motifs is 1. The number of aryl methyl sites for hydroxylation is 1. The van der Waals surface area contributed by atoms with Crippen LogP contribution in [0.3, 0.4) is 0 Å². The molecule has 3 heteroatoms. The fourth-order valence-electron chi connectivity index (χ4n) is 4.24. The van der Waals surface area contributed by atoms with Crippen LogP contribution in [-0.2, 0) is 19.3 Å². The molecule has 0 aliphatic heterocycles. The molecule has 0 saturated carbocycles. The molecule has 3 nitrogen and oxygen atoms in total. The van der Waals surface area contributed by atoms with Gasteiger partial charge in [-0.05, 0) is 24.8 Å². The van der Waals surface area contributed by atoms with Crippen molar-refractivity contribution in [3.05, 3.63) is 63.2 Å². The first kappa shape index (κ1) is 20.7. The van der Waals surface area contributed by atoms with E-state index < -0.39 is 0 Å². The topological polar surface area (TPSA) is 50.4 Å². The van der Waals surface area contributed by atoms with Crippen molar-refractivity contribution in [2.45, 2.75) is 89.9 Å². The molecule has 0 spiro atoms. The number of rotatable bonds is 2. The molecular weight excluding hydrogens is 348 g/mol. The smallest absolute Gasteiger partial charge is 0.343 e. The molecule has 0 atom stereocenters. The first-order valence-electron chi connectivity index (χ1n) is 11.2. The fourth-order valence-corrected chi connectivity index (χ4v) is 4.24. The zero-order valence-electron chi connectivity index (χ0n) is 17.0. The monoisotopic (exact) mass is 382 g/mol. The van der Waals surface area contributed by atoms with E-state index in [9.17, 15) is 9.90 Å². The molecule has 0 saturated heterocycles. The van der Waals surface area contributed by atoms with Gasteiger partial charge in [0.2, 0.25) is 0 Å². The van der Waals surface area contributed by atoms with E-state index in [4.69, 9.17) is 4.42 Å². The van der Waals surface area contributed by atoms with E-state index in [1.165, 1.54) is 51.4 Å². The van der Waals surface area contributed by atoms with Crippen molar-refractivity contribution in [1.29, 1.82) is 0 Å². The lowest BCUT2D eigenvalue weighted by molar-refractivity contribution is 0.396. The molecule has 1 aromatic heterocycles. The highest BCUT2D eigenvalue weighted by Gasteiger charge is 2.19. The molecule has 1 heterocycles. The summed E-state index contributed by atoms with van der Waals surface area (Å²) in [5.74, 6) is 0.897. The van der Waals surface area contributed by atoms with E-state index in [1.807, 2.05) is 30.3 Å². The van der Waals surface area contributed by atoms with Gasteiger partial charge in [-0.3, -0.25) is 0 Å². The molecule has 0 radical (unpaired) electrons. The van der Waals surface area contributed by atoms with Crippen molar-refractivity contribution in [2.75, 3.05) is 0 Å². The molecule has 152 valence electrons. The Balaban J connectivity index is 1.82. The lowest BCUT2D eigenvalue weighted by Gasteiger charge is -2.13. The molecule has 1 aromatic carbocycles. The van der Waals surface area contributed by atoms with E-state index >= 15 is 0 Å². The summed E-state index contributed by atoms with van der Waals surface area (Å²) in [7, 11) is 0. The lowest BCUT2D eigenvalue weighted by Crippen LogP contribution is -2.13. The SMILES string of the molecule is O=c1oc2c(c(O)c1Cc1ccccc1)CCCCCCCCCCCCC2. The molecule has 1 aliphatic rings. The molecule has 0 bridgehead atoms. The molecule has 0 fully saturated rings. The third kappa shape index (κ3) is 5.98. The van der Waals surface area contributed by atoms with E-state index in [-0.39, 0.29) is 11.4 Å². The van der Waals surface area contributed by atoms with Gasteiger partial charge >= 0.3 is 5.63 Å². The first-order chi connectivity index (χ1) is 13.8. The minimum absolute atomic E-state index is 0.180. The summed E-state index contributed by atoms with van der Waals surface area (Å²) in [4.78, 5) is 12.6.